The summed E-state index contributed by atoms with van der Waals surface area (Å²) in [6.07, 6.45) is 4.40. The highest BCUT2D eigenvalue weighted by Crippen LogP contribution is 2.32. The molecule has 2 N–H and O–H groups in total. The van der Waals surface area contributed by atoms with Crippen molar-refractivity contribution in [2.45, 2.75) is 42.7 Å². The molecule has 0 unspecified atom stereocenters. The number of aryl methyl sites for hydroxylation is 1. The molecule has 5 nitrogen and oxygen atoms in total. The van der Waals surface area contributed by atoms with E-state index in [1.54, 1.807) is 6.07 Å². The van der Waals surface area contributed by atoms with Gasteiger partial charge in [0, 0.05) is 30.9 Å². The minimum atomic E-state index is -3.77. The summed E-state index contributed by atoms with van der Waals surface area (Å²) in [5.74, 6) is -0.467. The molecule has 0 radical (unpaired) electrons. The van der Waals surface area contributed by atoms with Crippen LogP contribution in [0, 0.1) is 5.82 Å². The Morgan fingerprint density at radius 2 is 1.64 bits per heavy atom. The molecule has 0 amide bonds. The summed E-state index contributed by atoms with van der Waals surface area (Å²) in [4.78, 5) is 2.34. The highest BCUT2D eigenvalue weighted by atomic mass is 32.2. The van der Waals surface area contributed by atoms with Gasteiger partial charge in [0.2, 0.25) is 0 Å². The van der Waals surface area contributed by atoms with Crippen LogP contribution in [0.15, 0.2) is 77.7 Å². The van der Waals surface area contributed by atoms with Gasteiger partial charge in [0.25, 0.3) is 10.0 Å². The molecule has 1 saturated heterocycles. The molecule has 0 saturated carbocycles. The molecule has 1 aliphatic carbocycles. The third-order valence-electron chi connectivity index (χ3n) is 6.65. The van der Waals surface area contributed by atoms with Crippen molar-refractivity contribution in [1.29, 1.82) is 0 Å². The van der Waals surface area contributed by atoms with Gasteiger partial charge in [0.05, 0.1) is 10.6 Å². The van der Waals surface area contributed by atoms with Crippen LogP contribution in [0.2, 0.25) is 0 Å². The first kappa shape index (κ1) is 21.9. The molecule has 0 aromatic heterocycles. The van der Waals surface area contributed by atoms with Crippen molar-refractivity contribution in [2.75, 3.05) is 22.7 Å². The van der Waals surface area contributed by atoms with Crippen LogP contribution in [-0.4, -0.2) is 27.5 Å². The molecule has 7 heteroatoms. The first-order valence-corrected chi connectivity index (χ1v) is 12.9. The highest BCUT2D eigenvalue weighted by molar-refractivity contribution is 7.92. The number of anilines is 2. The van der Waals surface area contributed by atoms with E-state index in [1.165, 1.54) is 23.3 Å². The molecule has 5 rings (SSSR count). The van der Waals surface area contributed by atoms with E-state index in [0.717, 1.165) is 56.6 Å². The van der Waals surface area contributed by atoms with Crippen molar-refractivity contribution in [3.63, 3.8) is 0 Å². The average Bonchev–Trinajstić information content (AvgIpc) is 3.23. The van der Waals surface area contributed by atoms with Crippen LogP contribution >= 0.6 is 0 Å². The summed E-state index contributed by atoms with van der Waals surface area (Å²) in [5, 5.41) is 3.87. The molecule has 0 spiro atoms. The molecular formula is C26H28FN3O2S. The minimum Gasteiger partial charge on any atom is -0.371 e. The zero-order valence-electron chi connectivity index (χ0n) is 18.4. The fourth-order valence-corrected chi connectivity index (χ4v) is 5.96. The Balaban J connectivity index is 1.20. The summed E-state index contributed by atoms with van der Waals surface area (Å²) >= 11 is 0. The largest absolute Gasteiger partial charge is 0.371 e. The molecule has 0 bridgehead atoms. The van der Waals surface area contributed by atoms with E-state index >= 15 is 0 Å². The second-order valence-electron chi connectivity index (χ2n) is 8.83. The fourth-order valence-electron chi connectivity index (χ4n) is 4.91. The van der Waals surface area contributed by atoms with Crippen LogP contribution in [0.4, 0.5) is 15.8 Å². The van der Waals surface area contributed by atoms with E-state index in [4.69, 9.17) is 0 Å². The van der Waals surface area contributed by atoms with Gasteiger partial charge in [-0.05, 0) is 79.3 Å². The number of hydrogen-bond acceptors (Lipinski definition) is 4. The van der Waals surface area contributed by atoms with E-state index in [-0.39, 0.29) is 4.90 Å². The van der Waals surface area contributed by atoms with E-state index in [1.807, 2.05) is 18.2 Å². The molecule has 2 aliphatic rings. The van der Waals surface area contributed by atoms with E-state index in [9.17, 15) is 12.8 Å². The number of benzene rings is 3. The lowest BCUT2D eigenvalue weighted by atomic mass is 10.0. The van der Waals surface area contributed by atoms with Gasteiger partial charge in [-0.2, -0.15) is 0 Å². The number of piperidine rings is 1. The van der Waals surface area contributed by atoms with Crippen LogP contribution in [0.5, 0.6) is 0 Å². The first-order chi connectivity index (χ1) is 16.0. The van der Waals surface area contributed by atoms with Crippen LogP contribution in [0.25, 0.3) is 0 Å². The van der Waals surface area contributed by atoms with Gasteiger partial charge in [-0.3, -0.25) is 4.72 Å². The maximum atomic E-state index is 13.1. The number of sulfonamides is 1. The van der Waals surface area contributed by atoms with Crippen molar-refractivity contribution >= 4 is 21.4 Å². The van der Waals surface area contributed by atoms with E-state index in [2.05, 4.69) is 39.2 Å². The van der Waals surface area contributed by atoms with Crippen molar-refractivity contribution in [2.24, 2.45) is 0 Å². The van der Waals surface area contributed by atoms with Gasteiger partial charge in [0.15, 0.2) is 0 Å². The van der Waals surface area contributed by atoms with E-state index < -0.39 is 15.8 Å². The zero-order valence-corrected chi connectivity index (χ0v) is 19.2. The van der Waals surface area contributed by atoms with Crippen LogP contribution in [0.3, 0.4) is 0 Å². The minimum absolute atomic E-state index is 0.0367. The molecule has 1 atom stereocenters. The highest BCUT2D eigenvalue weighted by Gasteiger charge is 2.27. The molecule has 172 valence electrons. The number of halogens is 1. The molecule has 1 heterocycles. The fraction of sp³-hybridized carbons (Fsp3) is 0.308. The van der Waals surface area contributed by atoms with Crippen molar-refractivity contribution in [1.82, 2.24) is 5.32 Å². The second-order valence-corrected chi connectivity index (χ2v) is 10.5. The van der Waals surface area contributed by atoms with Gasteiger partial charge >= 0.3 is 0 Å². The van der Waals surface area contributed by atoms with Crippen molar-refractivity contribution < 1.29 is 12.8 Å². The van der Waals surface area contributed by atoms with Gasteiger partial charge < -0.3 is 10.2 Å². The van der Waals surface area contributed by atoms with Crippen molar-refractivity contribution in [3.05, 3.63) is 89.7 Å². The lowest BCUT2D eigenvalue weighted by Crippen LogP contribution is -2.43. The topological polar surface area (TPSA) is 61.4 Å². The van der Waals surface area contributed by atoms with Gasteiger partial charge in [0.1, 0.15) is 5.82 Å². The molecule has 3 aromatic carbocycles. The first-order valence-electron chi connectivity index (χ1n) is 11.5. The van der Waals surface area contributed by atoms with Crippen LogP contribution < -0.4 is 14.9 Å². The maximum Gasteiger partial charge on any atom is 0.261 e. The number of nitrogens with zero attached hydrogens (tertiary/aromatic N) is 1. The monoisotopic (exact) mass is 465 g/mol. The Morgan fingerprint density at radius 1 is 0.879 bits per heavy atom. The molecule has 1 fully saturated rings. The Kier molecular flexibility index (Phi) is 6.08. The number of nitrogens with one attached hydrogen (secondary N) is 2. The normalized spacial score (nSPS) is 18.8. The number of hydrogen-bond donors (Lipinski definition) is 2. The lowest BCUT2D eigenvalue weighted by molar-refractivity contribution is 0.368. The molecule has 33 heavy (non-hydrogen) atoms. The quantitative estimate of drug-likeness (QED) is 0.545. The third-order valence-corrected chi connectivity index (χ3v) is 8.05. The Bertz CT molecular complexity index is 1220. The summed E-state index contributed by atoms with van der Waals surface area (Å²) in [6, 6.07) is 21.9. The van der Waals surface area contributed by atoms with Gasteiger partial charge in [-0.25, -0.2) is 12.8 Å². The van der Waals surface area contributed by atoms with Crippen molar-refractivity contribution in [3.8, 4) is 0 Å². The molecular weight excluding hydrogens is 437 g/mol. The Hall–Kier alpha value is -2.90. The zero-order chi connectivity index (χ0) is 22.8. The summed E-state index contributed by atoms with van der Waals surface area (Å²) < 4.78 is 41.0. The standard InChI is InChI=1S/C26H28FN3O2S/c27-20-9-11-24(12-10-20)33(31,32)29-22-5-3-6-23(18-22)30-16-14-21(15-17-30)28-26-13-8-19-4-1-2-7-25(19)26/h1-7,9-12,18,21,26,28-29H,8,13-17H2/t26-/m0/s1. The van der Waals surface area contributed by atoms with Gasteiger partial charge in [-0.15, -0.1) is 0 Å². The predicted octanol–water partition coefficient (Wildman–Crippen LogP) is 4.87. The second kappa shape index (κ2) is 9.15. The molecule has 3 aromatic rings. The average molecular weight is 466 g/mol. The smallest absolute Gasteiger partial charge is 0.261 e. The number of fused-ring (bicyclic) bond motifs is 1. The SMILES string of the molecule is O=S(=O)(Nc1cccc(N2CCC(N[C@H]3CCc4ccccc43)CC2)c1)c1ccc(F)cc1. The summed E-state index contributed by atoms with van der Waals surface area (Å²) in [7, 11) is -3.77. The Labute approximate surface area is 194 Å². The number of rotatable bonds is 6. The third kappa shape index (κ3) is 4.89. The van der Waals surface area contributed by atoms with Crippen LogP contribution in [-0.2, 0) is 16.4 Å². The maximum absolute atomic E-state index is 13.1. The predicted molar refractivity (Wildman–Crippen MR) is 130 cm³/mol. The van der Waals surface area contributed by atoms with Gasteiger partial charge in [-0.1, -0.05) is 30.3 Å². The Morgan fingerprint density at radius 3 is 2.42 bits per heavy atom. The van der Waals surface area contributed by atoms with E-state index in [0.29, 0.717) is 17.8 Å². The van der Waals surface area contributed by atoms with Crippen LogP contribution in [0.1, 0.15) is 36.4 Å². The summed E-state index contributed by atoms with van der Waals surface area (Å²) in [6.45, 7) is 1.83. The molecule has 1 aliphatic heterocycles. The lowest BCUT2D eigenvalue weighted by Gasteiger charge is -2.35. The summed E-state index contributed by atoms with van der Waals surface area (Å²) in [5.41, 5.74) is 4.41.